The summed E-state index contributed by atoms with van der Waals surface area (Å²) in [5, 5.41) is 13.4. The van der Waals surface area contributed by atoms with Gasteiger partial charge in [0.25, 0.3) is 0 Å². The molecule has 0 bridgehead atoms. The molecule has 0 radical (unpaired) electrons. The molecule has 0 amide bonds. The summed E-state index contributed by atoms with van der Waals surface area (Å²) >= 11 is 0. The fraction of sp³-hybridized carbons (Fsp3) is 0.350. The topological polar surface area (TPSA) is 78.1 Å². The Morgan fingerprint density at radius 2 is 2.15 bits per heavy atom. The fourth-order valence-corrected chi connectivity index (χ4v) is 4.69. The Labute approximate surface area is 157 Å². The zero-order chi connectivity index (χ0) is 18.6. The van der Waals surface area contributed by atoms with Crippen molar-refractivity contribution in [1.82, 2.24) is 0 Å². The first kappa shape index (κ1) is 17.1. The number of furan rings is 1. The number of aryl methyl sites for hydroxylation is 1. The van der Waals surface area contributed by atoms with E-state index >= 15 is 0 Å². The molecule has 2 atom stereocenters. The van der Waals surface area contributed by atoms with Crippen LogP contribution >= 0.6 is 9.47 Å². The molecule has 1 fully saturated rings. The van der Waals surface area contributed by atoms with Crippen LogP contribution in [0.2, 0.25) is 0 Å². The van der Waals surface area contributed by atoms with Crippen LogP contribution < -0.4 is 0 Å². The zero-order valence-corrected chi connectivity index (χ0v) is 15.7. The van der Waals surface area contributed by atoms with Crippen LogP contribution in [0.15, 0.2) is 28.9 Å². The number of carbonyl (C=O) groups excluding carboxylic acids is 1. The van der Waals surface area contributed by atoms with E-state index in [1.54, 1.807) is 6.26 Å². The summed E-state index contributed by atoms with van der Waals surface area (Å²) in [5.41, 5.74) is 3.17. The van der Waals surface area contributed by atoms with Crippen LogP contribution in [-0.2, 0) is 31.0 Å². The van der Waals surface area contributed by atoms with Crippen molar-refractivity contribution < 1.29 is 28.3 Å². The second-order valence-electron chi connectivity index (χ2n) is 6.96. The Kier molecular flexibility index (Phi) is 3.99. The first-order chi connectivity index (χ1) is 13.2. The zero-order valence-electron chi connectivity index (χ0n) is 14.6. The van der Waals surface area contributed by atoms with Crippen molar-refractivity contribution in [3.05, 3.63) is 41.2 Å². The molecule has 2 unspecified atom stereocenters. The number of aldehydes is 1. The summed E-state index contributed by atoms with van der Waals surface area (Å²) in [5.74, 6) is -0.573. The van der Waals surface area contributed by atoms with Crippen LogP contribution in [0.4, 0.5) is 0 Å². The SMILES string of the molecule is O=CCC(OP)c1coc2c(O)c3c4c(ccc3cc12)C1(CC4)OCCO1. The Morgan fingerprint density at radius 1 is 1.33 bits per heavy atom. The minimum absolute atomic E-state index is 0.106. The van der Waals surface area contributed by atoms with Gasteiger partial charge >= 0.3 is 0 Å². The molecule has 0 saturated carbocycles. The molecule has 7 heteroatoms. The molecule has 140 valence electrons. The van der Waals surface area contributed by atoms with E-state index in [0.717, 1.165) is 52.0 Å². The van der Waals surface area contributed by atoms with Gasteiger partial charge in [-0.15, -0.1) is 0 Å². The third-order valence-corrected chi connectivity index (χ3v) is 5.97. The van der Waals surface area contributed by atoms with Gasteiger partial charge in [0.05, 0.1) is 25.6 Å². The first-order valence-corrected chi connectivity index (χ1v) is 9.42. The average molecular weight is 386 g/mol. The van der Waals surface area contributed by atoms with E-state index in [1.807, 2.05) is 18.2 Å². The molecule has 3 aromatic rings. The van der Waals surface area contributed by atoms with Crippen LogP contribution in [0.3, 0.4) is 0 Å². The highest BCUT2D eigenvalue weighted by molar-refractivity contribution is 7.09. The standard InChI is InChI=1S/C20H19O6P/c21-6-4-16(26-27)14-10-23-19-13(14)9-11-1-2-15-12(17(11)18(19)22)3-5-20(15)24-7-8-25-20/h1-2,6,9-10,16,22H,3-5,7-8,27H2. The summed E-state index contributed by atoms with van der Waals surface area (Å²) in [6, 6.07) is 5.97. The number of rotatable bonds is 4. The summed E-state index contributed by atoms with van der Waals surface area (Å²) in [6.07, 6.45) is 3.63. The van der Waals surface area contributed by atoms with E-state index in [0.29, 0.717) is 18.8 Å². The summed E-state index contributed by atoms with van der Waals surface area (Å²) in [6.45, 7) is 1.16. The van der Waals surface area contributed by atoms with Gasteiger partial charge in [0.15, 0.2) is 17.1 Å². The number of ether oxygens (including phenoxy) is 2. The van der Waals surface area contributed by atoms with Crippen LogP contribution in [0.25, 0.3) is 21.7 Å². The van der Waals surface area contributed by atoms with E-state index in [-0.39, 0.29) is 12.2 Å². The largest absolute Gasteiger partial charge is 0.504 e. The molecule has 27 heavy (non-hydrogen) atoms. The van der Waals surface area contributed by atoms with Gasteiger partial charge in [-0.3, -0.25) is 0 Å². The second-order valence-corrected chi connectivity index (χ2v) is 7.23. The van der Waals surface area contributed by atoms with Gasteiger partial charge in [-0.05, 0) is 23.4 Å². The number of carbonyl (C=O) groups is 1. The number of phenols is 1. The molecule has 1 aliphatic carbocycles. The molecule has 2 aromatic carbocycles. The number of benzene rings is 2. The lowest BCUT2D eigenvalue weighted by molar-refractivity contribution is -0.163. The number of hydrogen-bond donors (Lipinski definition) is 1. The predicted octanol–water partition coefficient (Wildman–Crippen LogP) is 3.87. The van der Waals surface area contributed by atoms with Crippen molar-refractivity contribution in [2.24, 2.45) is 0 Å². The van der Waals surface area contributed by atoms with Crippen molar-refractivity contribution in [2.75, 3.05) is 13.2 Å². The number of phenolic OH excluding ortho intramolecular Hbond substituents is 1. The minimum Gasteiger partial charge on any atom is -0.504 e. The highest BCUT2D eigenvalue weighted by Crippen LogP contribution is 2.49. The first-order valence-electron chi connectivity index (χ1n) is 8.95. The van der Waals surface area contributed by atoms with Crippen molar-refractivity contribution in [1.29, 1.82) is 0 Å². The molecular formula is C20H19O6P. The van der Waals surface area contributed by atoms with Gasteiger partial charge in [-0.25, -0.2) is 0 Å². The normalized spacial score (nSPS) is 19.1. The van der Waals surface area contributed by atoms with Crippen molar-refractivity contribution >= 4 is 37.5 Å². The van der Waals surface area contributed by atoms with E-state index in [1.165, 1.54) is 0 Å². The molecule has 2 aliphatic rings. The molecule has 1 aliphatic heterocycles. The molecule has 2 heterocycles. The monoisotopic (exact) mass is 386 g/mol. The van der Waals surface area contributed by atoms with Crippen LogP contribution in [0.5, 0.6) is 5.75 Å². The van der Waals surface area contributed by atoms with E-state index < -0.39 is 11.9 Å². The number of hydrogen-bond acceptors (Lipinski definition) is 6. The summed E-state index contributed by atoms with van der Waals surface area (Å²) < 4.78 is 22.8. The lowest BCUT2D eigenvalue weighted by atomic mass is 9.96. The maximum Gasteiger partial charge on any atom is 0.195 e. The van der Waals surface area contributed by atoms with Gasteiger partial charge in [0.1, 0.15) is 6.29 Å². The average Bonchev–Trinajstić information content (AvgIpc) is 3.40. The highest BCUT2D eigenvalue weighted by Gasteiger charge is 2.45. The van der Waals surface area contributed by atoms with Crippen molar-refractivity contribution in [3.8, 4) is 5.75 Å². The second kappa shape index (κ2) is 6.28. The lowest BCUT2D eigenvalue weighted by Gasteiger charge is -2.23. The van der Waals surface area contributed by atoms with Gasteiger partial charge in [0, 0.05) is 44.2 Å². The van der Waals surface area contributed by atoms with Gasteiger partial charge in [-0.2, -0.15) is 0 Å². The maximum absolute atomic E-state index is 11.0. The van der Waals surface area contributed by atoms with Crippen molar-refractivity contribution in [3.63, 3.8) is 0 Å². The van der Waals surface area contributed by atoms with Gasteiger partial charge in [0.2, 0.25) is 0 Å². The van der Waals surface area contributed by atoms with Gasteiger partial charge in [-0.1, -0.05) is 12.1 Å². The lowest BCUT2D eigenvalue weighted by Crippen LogP contribution is -2.23. The minimum atomic E-state index is -0.679. The van der Waals surface area contributed by atoms with Crippen LogP contribution in [0, 0.1) is 0 Å². The molecule has 1 spiro atoms. The summed E-state index contributed by atoms with van der Waals surface area (Å²) in [7, 11) is 2.19. The smallest absolute Gasteiger partial charge is 0.195 e. The van der Waals surface area contributed by atoms with Crippen LogP contribution in [0.1, 0.15) is 35.6 Å². The molecular weight excluding hydrogens is 367 g/mol. The molecule has 1 saturated heterocycles. The van der Waals surface area contributed by atoms with E-state index in [4.69, 9.17) is 18.4 Å². The fourth-order valence-electron chi connectivity index (χ4n) is 4.44. The Morgan fingerprint density at radius 3 is 2.89 bits per heavy atom. The van der Waals surface area contributed by atoms with Gasteiger partial charge < -0.3 is 28.3 Å². The molecule has 6 nitrogen and oxygen atoms in total. The molecule has 1 N–H and O–H groups in total. The van der Waals surface area contributed by atoms with Crippen molar-refractivity contribution in [2.45, 2.75) is 31.2 Å². The predicted molar refractivity (Wildman–Crippen MR) is 102 cm³/mol. The van der Waals surface area contributed by atoms with E-state index in [2.05, 4.69) is 9.47 Å². The third kappa shape index (κ3) is 2.38. The maximum atomic E-state index is 11.0. The Hall–Kier alpha value is -1.98. The Balaban J connectivity index is 1.74. The summed E-state index contributed by atoms with van der Waals surface area (Å²) in [4.78, 5) is 10.9. The number of aromatic hydroxyl groups is 1. The number of fused-ring (bicyclic) bond motifs is 5. The molecule has 1 aromatic heterocycles. The van der Waals surface area contributed by atoms with E-state index in [9.17, 15) is 9.90 Å². The van der Waals surface area contributed by atoms with Crippen LogP contribution in [-0.4, -0.2) is 24.6 Å². The quantitative estimate of drug-likeness (QED) is 0.542. The highest BCUT2D eigenvalue weighted by atomic mass is 31.0. The Bertz CT molecular complexity index is 1050. The third-order valence-electron chi connectivity index (χ3n) is 5.65. The molecule has 5 rings (SSSR count).